The van der Waals surface area contributed by atoms with Crippen LogP contribution in [-0.4, -0.2) is 8.42 Å². The number of rotatable bonds is 4. The number of nitrogens with one attached hydrogen (secondary N) is 2. The van der Waals surface area contributed by atoms with Gasteiger partial charge in [-0.05, 0) is 58.7 Å². The fourth-order valence-corrected chi connectivity index (χ4v) is 3.23. The van der Waals surface area contributed by atoms with Crippen molar-refractivity contribution >= 4 is 37.3 Å². The van der Waals surface area contributed by atoms with Gasteiger partial charge in [-0.15, -0.1) is 0 Å². The van der Waals surface area contributed by atoms with Crippen molar-refractivity contribution in [2.75, 3.05) is 10.1 Å². The monoisotopic (exact) mass is 355 g/mol. The van der Waals surface area contributed by atoms with Crippen LogP contribution in [0.2, 0.25) is 0 Å². The number of aryl methyl sites for hydroxylation is 1. The van der Waals surface area contributed by atoms with E-state index in [-0.39, 0.29) is 4.90 Å². The van der Waals surface area contributed by atoms with Gasteiger partial charge in [0.05, 0.1) is 10.6 Å². The Labute approximate surface area is 126 Å². The second-order valence-electron chi connectivity index (χ2n) is 4.21. The lowest BCUT2D eigenvalue weighted by atomic mass is 10.2. The van der Waals surface area contributed by atoms with Gasteiger partial charge in [-0.1, -0.05) is 12.1 Å². The second kappa shape index (κ2) is 5.82. The quantitative estimate of drug-likeness (QED) is 0.581. The van der Waals surface area contributed by atoms with E-state index in [1.165, 1.54) is 12.1 Å². The van der Waals surface area contributed by atoms with Crippen LogP contribution in [0.1, 0.15) is 5.56 Å². The van der Waals surface area contributed by atoms with Crippen molar-refractivity contribution in [2.24, 2.45) is 5.84 Å². The maximum Gasteiger partial charge on any atom is 0.261 e. The first-order valence-electron chi connectivity index (χ1n) is 5.78. The number of anilines is 2. The van der Waals surface area contributed by atoms with Gasteiger partial charge in [-0.25, -0.2) is 8.42 Å². The lowest BCUT2D eigenvalue weighted by Crippen LogP contribution is -2.14. The Morgan fingerprint density at radius 3 is 2.35 bits per heavy atom. The van der Waals surface area contributed by atoms with E-state index < -0.39 is 10.0 Å². The molecular formula is C13H14BrN3O2S. The molecular weight excluding hydrogens is 342 g/mol. The molecule has 2 rings (SSSR count). The molecule has 0 amide bonds. The number of hydrogen-bond donors (Lipinski definition) is 3. The van der Waals surface area contributed by atoms with Crippen LogP contribution in [0.15, 0.2) is 51.8 Å². The van der Waals surface area contributed by atoms with Crippen LogP contribution in [0.4, 0.5) is 11.4 Å². The number of nitrogen functional groups attached to an aromatic ring is 1. The number of halogens is 1. The molecule has 106 valence electrons. The summed E-state index contributed by atoms with van der Waals surface area (Å²) in [5, 5.41) is 0. The largest absolute Gasteiger partial charge is 0.324 e. The van der Waals surface area contributed by atoms with Crippen molar-refractivity contribution in [2.45, 2.75) is 11.8 Å². The lowest BCUT2D eigenvalue weighted by molar-refractivity contribution is 0.601. The van der Waals surface area contributed by atoms with Gasteiger partial charge in [0.15, 0.2) is 0 Å². The summed E-state index contributed by atoms with van der Waals surface area (Å²) < 4.78 is 27.8. The average molecular weight is 356 g/mol. The molecule has 7 heteroatoms. The fraction of sp³-hybridized carbons (Fsp3) is 0.0769. The molecule has 0 bridgehead atoms. The molecule has 20 heavy (non-hydrogen) atoms. The molecule has 2 aromatic carbocycles. The third-order valence-corrected chi connectivity index (χ3v) is 5.20. The topological polar surface area (TPSA) is 84.2 Å². The van der Waals surface area contributed by atoms with Gasteiger partial charge in [-0.2, -0.15) is 0 Å². The van der Waals surface area contributed by atoms with Crippen LogP contribution in [-0.2, 0) is 10.0 Å². The molecule has 2 aromatic rings. The first kappa shape index (κ1) is 14.8. The van der Waals surface area contributed by atoms with Crippen LogP contribution in [0.3, 0.4) is 0 Å². The molecule has 0 aliphatic heterocycles. The summed E-state index contributed by atoms with van der Waals surface area (Å²) in [5.74, 6) is 5.25. The Balaban J connectivity index is 2.33. The number of sulfonamides is 1. The summed E-state index contributed by atoms with van der Waals surface area (Å²) in [6.07, 6.45) is 0. The molecule has 0 aromatic heterocycles. The summed E-state index contributed by atoms with van der Waals surface area (Å²) in [4.78, 5) is 0.171. The van der Waals surface area contributed by atoms with E-state index in [1.807, 2.05) is 13.0 Å². The highest BCUT2D eigenvalue weighted by molar-refractivity contribution is 9.10. The molecule has 0 aliphatic carbocycles. The normalized spacial score (nSPS) is 11.2. The van der Waals surface area contributed by atoms with E-state index in [0.717, 1.165) is 10.0 Å². The van der Waals surface area contributed by atoms with Crippen molar-refractivity contribution in [3.05, 3.63) is 52.5 Å². The zero-order valence-electron chi connectivity index (χ0n) is 10.7. The van der Waals surface area contributed by atoms with E-state index >= 15 is 0 Å². The second-order valence-corrected chi connectivity index (χ2v) is 6.69. The summed E-state index contributed by atoms with van der Waals surface area (Å²) >= 11 is 3.37. The lowest BCUT2D eigenvalue weighted by Gasteiger charge is -2.11. The molecule has 0 radical (unpaired) electrons. The third-order valence-electron chi connectivity index (χ3n) is 2.77. The summed E-state index contributed by atoms with van der Waals surface area (Å²) in [6.45, 7) is 1.89. The van der Waals surface area contributed by atoms with Gasteiger partial charge in [0.25, 0.3) is 10.0 Å². The van der Waals surface area contributed by atoms with E-state index in [0.29, 0.717) is 11.4 Å². The minimum atomic E-state index is -3.63. The van der Waals surface area contributed by atoms with Crippen LogP contribution in [0.5, 0.6) is 0 Å². The average Bonchev–Trinajstić information content (AvgIpc) is 2.44. The first-order chi connectivity index (χ1) is 9.44. The van der Waals surface area contributed by atoms with Gasteiger partial charge in [0.2, 0.25) is 0 Å². The van der Waals surface area contributed by atoms with Crippen LogP contribution < -0.4 is 16.0 Å². The van der Waals surface area contributed by atoms with Crippen LogP contribution in [0.25, 0.3) is 0 Å². The molecule has 4 N–H and O–H groups in total. The molecule has 0 unspecified atom stereocenters. The SMILES string of the molecule is Cc1cccc(NS(=O)(=O)c2ccc(NN)cc2)c1Br. The van der Waals surface area contributed by atoms with E-state index in [1.54, 1.807) is 24.3 Å². The highest BCUT2D eigenvalue weighted by atomic mass is 79.9. The number of benzene rings is 2. The minimum Gasteiger partial charge on any atom is -0.324 e. The molecule has 5 nitrogen and oxygen atoms in total. The Morgan fingerprint density at radius 2 is 1.75 bits per heavy atom. The number of hydrogen-bond acceptors (Lipinski definition) is 4. The Morgan fingerprint density at radius 1 is 1.10 bits per heavy atom. The predicted octanol–water partition coefficient (Wildman–Crippen LogP) is 2.84. The van der Waals surface area contributed by atoms with Crippen molar-refractivity contribution in [1.82, 2.24) is 0 Å². The number of nitrogens with two attached hydrogens (primary N) is 1. The predicted molar refractivity (Wildman–Crippen MR) is 83.9 cm³/mol. The zero-order chi connectivity index (χ0) is 14.8. The van der Waals surface area contributed by atoms with Gasteiger partial charge >= 0.3 is 0 Å². The molecule has 0 saturated carbocycles. The van der Waals surface area contributed by atoms with E-state index in [9.17, 15) is 8.42 Å². The van der Waals surface area contributed by atoms with Crippen molar-refractivity contribution in [3.8, 4) is 0 Å². The van der Waals surface area contributed by atoms with Gasteiger partial charge < -0.3 is 5.43 Å². The highest BCUT2D eigenvalue weighted by Gasteiger charge is 2.15. The smallest absolute Gasteiger partial charge is 0.261 e. The van der Waals surface area contributed by atoms with Gasteiger partial charge in [0, 0.05) is 10.2 Å². The Kier molecular flexibility index (Phi) is 4.32. The molecule has 0 spiro atoms. The Hall–Kier alpha value is -1.57. The third kappa shape index (κ3) is 3.12. The van der Waals surface area contributed by atoms with Crippen molar-refractivity contribution in [3.63, 3.8) is 0 Å². The summed E-state index contributed by atoms with van der Waals surface area (Å²) in [5.41, 5.74) is 4.55. The maximum absolute atomic E-state index is 12.3. The summed E-state index contributed by atoms with van der Waals surface area (Å²) in [7, 11) is -3.63. The van der Waals surface area contributed by atoms with Crippen molar-refractivity contribution in [1.29, 1.82) is 0 Å². The number of hydrazine groups is 1. The fourth-order valence-electron chi connectivity index (χ4n) is 1.66. The standard InChI is InChI=1S/C13H14BrN3O2S/c1-9-3-2-4-12(13(9)14)17-20(18,19)11-7-5-10(16-15)6-8-11/h2-8,16-17H,15H2,1H3. The molecule has 0 saturated heterocycles. The van der Waals surface area contributed by atoms with Gasteiger partial charge in [0.1, 0.15) is 0 Å². The van der Waals surface area contributed by atoms with E-state index in [2.05, 4.69) is 26.1 Å². The van der Waals surface area contributed by atoms with Crippen LogP contribution >= 0.6 is 15.9 Å². The first-order valence-corrected chi connectivity index (χ1v) is 8.06. The maximum atomic E-state index is 12.3. The highest BCUT2D eigenvalue weighted by Crippen LogP contribution is 2.28. The van der Waals surface area contributed by atoms with Crippen LogP contribution in [0, 0.1) is 6.92 Å². The molecule has 0 heterocycles. The Bertz CT molecular complexity index is 715. The molecule has 0 atom stereocenters. The van der Waals surface area contributed by atoms with Gasteiger partial charge in [-0.3, -0.25) is 10.6 Å². The van der Waals surface area contributed by atoms with E-state index in [4.69, 9.17) is 5.84 Å². The summed E-state index contributed by atoms with van der Waals surface area (Å²) in [6, 6.07) is 11.6. The zero-order valence-corrected chi connectivity index (χ0v) is 13.1. The minimum absolute atomic E-state index is 0.171. The van der Waals surface area contributed by atoms with Crippen molar-refractivity contribution < 1.29 is 8.42 Å². The molecule has 0 aliphatic rings. The molecule has 0 fully saturated rings.